The average molecular weight is 385 g/mol. The molecule has 0 radical (unpaired) electrons. The molecule has 0 aliphatic carbocycles. The van der Waals surface area contributed by atoms with Crippen LogP contribution in [0.25, 0.3) is 10.9 Å². The Morgan fingerprint density at radius 3 is 2.85 bits per heavy atom. The third kappa shape index (κ3) is 4.45. The van der Waals surface area contributed by atoms with Crippen molar-refractivity contribution in [2.45, 2.75) is 0 Å². The first-order valence-corrected chi connectivity index (χ1v) is 8.56. The highest BCUT2D eigenvalue weighted by Gasteiger charge is 2.09. The van der Waals surface area contributed by atoms with Gasteiger partial charge in [0.1, 0.15) is 17.9 Å². The summed E-state index contributed by atoms with van der Waals surface area (Å²) in [5, 5.41) is 4.46. The van der Waals surface area contributed by atoms with Crippen molar-refractivity contribution in [1.82, 2.24) is 10.3 Å². The Balaban J connectivity index is 1.53. The fraction of sp³-hybridized carbons (Fsp3) is 0.100. The lowest BCUT2D eigenvalue weighted by Gasteiger charge is -2.05. The van der Waals surface area contributed by atoms with Gasteiger partial charge < -0.3 is 10.1 Å². The van der Waals surface area contributed by atoms with E-state index in [9.17, 15) is 4.79 Å². The van der Waals surface area contributed by atoms with E-state index in [-0.39, 0.29) is 19.1 Å². The van der Waals surface area contributed by atoms with Gasteiger partial charge >= 0.3 is 0 Å². The number of benzene rings is 2. The summed E-state index contributed by atoms with van der Waals surface area (Å²) >= 11 is 11.9. The summed E-state index contributed by atoms with van der Waals surface area (Å²) in [5.41, 5.74) is 1.11. The highest BCUT2D eigenvalue weighted by atomic mass is 35.5. The van der Waals surface area contributed by atoms with Crippen LogP contribution in [-0.2, 0) is 0 Å². The van der Waals surface area contributed by atoms with Crippen LogP contribution in [0, 0.1) is 11.8 Å². The SMILES string of the molecule is O=C(NCC#CCOc1cccc2cccnc12)c1cc(Cl)ccc1Cl. The molecule has 1 heterocycles. The van der Waals surface area contributed by atoms with Gasteiger partial charge in [0.15, 0.2) is 0 Å². The molecule has 0 fully saturated rings. The second-order valence-electron chi connectivity index (χ2n) is 5.28. The van der Waals surface area contributed by atoms with E-state index >= 15 is 0 Å². The van der Waals surface area contributed by atoms with Crippen LogP contribution in [0.4, 0.5) is 0 Å². The standard InChI is InChI=1S/C20H14Cl2N2O2/c21-15-8-9-17(22)16(13-15)20(25)24-10-1-2-12-26-18-7-3-5-14-6-4-11-23-19(14)18/h3-9,11,13H,10,12H2,(H,24,25). The van der Waals surface area contributed by atoms with Crippen LogP contribution in [0.3, 0.4) is 0 Å². The Morgan fingerprint density at radius 2 is 1.96 bits per heavy atom. The molecule has 0 unspecified atom stereocenters. The Morgan fingerprint density at radius 1 is 1.12 bits per heavy atom. The van der Waals surface area contributed by atoms with Crippen molar-refractivity contribution in [3.63, 3.8) is 0 Å². The molecule has 1 amide bonds. The molecule has 26 heavy (non-hydrogen) atoms. The molecular weight excluding hydrogens is 371 g/mol. The number of fused-ring (bicyclic) bond motifs is 1. The number of para-hydroxylation sites is 1. The fourth-order valence-electron chi connectivity index (χ4n) is 2.31. The van der Waals surface area contributed by atoms with E-state index in [0.717, 1.165) is 10.9 Å². The minimum Gasteiger partial charge on any atom is -0.479 e. The van der Waals surface area contributed by atoms with Crippen LogP contribution in [0.1, 0.15) is 10.4 Å². The average Bonchev–Trinajstić information content (AvgIpc) is 2.66. The van der Waals surface area contributed by atoms with E-state index < -0.39 is 0 Å². The second-order valence-corrected chi connectivity index (χ2v) is 6.12. The molecule has 3 rings (SSSR count). The molecule has 0 saturated heterocycles. The maximum atomic E-state index is 12.1. The van der Waals surface area contributed by atoms with Gasteiger partial charge in [-0.2, -0.15) is 0 Å². The molecule has 130 valence electrons. The monoisotopic (exact) mass is 384 g/mol. The molecule has 0 saturated carbocycles. The Bertz CT molecular complexity index is 1000. The lowest BCUT2D eigenvalue weighted by Crippen LogP contribution is -2.24. The molecule has 3 aromatic rings. The summed E-state index contributed by atoms with van der Waals surface area (Å²) in [6.07, 6.45) is 1.72. The van der Waals surface area contributed by atoms with E-state index in [1.54, 1.807) is 18.3 Å². The van der Waals surface area contributed by atoms with Gasteiger partial charge in [-0.1, -0.05) is 53.2 Å². The number of halogens is 2. The normalized spacial score (nSPS) is 10.1. The Hall–Kier alpha value is -2.74. The maximum absolute atomic E-state index is 12.1. The Labute approximate surface area is 161 Å². The van der Waals surface area contributed by atoms with Crippen molar-refractivity contribution in [3.8, 4) is 17.6 Å². The molecule has 0 aliphatic heterocycles. The molecule has 1 N–H and O–H groups in total. The van der Waals surface area contributed by atoms with E-state index in [1.807, 2.05) is 30.3 Å². The third-order valence-electron chi connectivity index (χ3n) is 3.53. The number of rotatable bonds is 4. The predicted octanol–water partition coefficient (Wildman–Crippen LogP) is 4.35. The number of amides is 1. The van der Waals surface area contributed by atoms with Crippen LogP contribution >= 0.6 is 23.2 Å². The van der Waals surface area contributed by atoms with E-state index in [2.05, 4.69) is 22.1 Å². The van der Waals surface area contributed by atoms with Crippen molar-refractivity contribution < 1.29 is 9.53 Å². The Kier molecular flexibility index (Phi) is 5.96. The first-order valence-electron chi connectivity index (χ1n) is 7.80. The highest BCUT2D eigenvalue weighted by molar-refractivity contribution is 6.35. The number of aromatic nitrogens is 1. The van der Waals surface area contributed by atoms with E-state index in [0.29, 0.717) is 21.4 Å². The number of nitrogens with zero attached hydrogens (tertiary/aromatic N) is 1. The van der Waals surface area contributed by atoms with Crippen molar-refractivity contribution in [2.24, 2.45) is 0 Å². The van der Waals surface area contributed by atoms with Crippen LogP contribution < -0.4 is 10.1 Å². The molecule has 6 heteroatoms. The van der Waals surface area contributed by atoms with Crippen molar-refractivity contribution in [3.05, 3.63) is 70.3 Å². The molecule has 0 bridgehead atoms. The van der Waals surface area contributed by atoms with Gasteiger partial charge in [0.2, 0.25) is 0 Å². The van der Waals surface area contributed by atoms with Gasteiger partial charge in [0.05, 0.1) is 17.1 Å². The number of hydrogen-bond acceptors (Lipinski definition) is 3. The zero-order valence-electron chi connectivity index (χ0n) is 13.6. The third-order valence-corrected chi connectivity index (χ3v) is 4.10. The van der Waals surface area contributed by atoms with Crippen LogP contribution in [0.15, 0.2) is 54.7 Å². The van der Waals surface area contributed by atoms with Crippen LogP contribution in [-0.4, -0.2) is 24.0 Å². The highest BCUT2D eigenvalue weighted by Crippen LogP contribution is 2.22. The zero-order chi connectivity index (χ0) is 18.4. The smallest absolute Gasteiger partial charge is 0.253 e. The van der Waals surface area contributed by atoms with Gasteiger partial charge in [-0.25, -0.2) is 0 Å². The van der Waals surface area contributed by atoms with Crippen molar-refractivity contribution in [2.75, 3.05) is 13.2 Å². The molecule has 0 atom stereocenters. The molecule has 0 aliphatic rings. The molecule has 4 nitrogen and oxygen atoms in total. The van der Waals surface area contributed by atoms with Crippen molar-refractivity contribution >= 4 is 40.0 Å². The lowest BCUT2D eigenvalue weighted by molar-refractivity contribution is 0.0959. The van der Waals surface area contributed by atoms with E-state index in [4.69, 9.17) is 27.9 Å². The summed E-state index contributed by atoms with van der Waals surface area (Å²) in [7, 11) is 0. The number of nitrogens with one attached hydrogen (secondary N) is 1. The van der Waals surface area contributed by atoms with Gasteiger partial charge in [0.25, 0.3) is 5.91 Å². The topological polar surface area (TPSA) is 51.2 Å². The van der Waals surface area contributed by atoms with Crippen LogP contribution in [0.5, 0.6) is 5.75 Å². The van der Waals surface area contributed by atoms with Crippen LogP contribution in [0.2, 0.25) is 10.0 Å². The molecule has 1 aromatic heterocycles. The summed E-state index contributed by atoms with van der Waals surface area (Å²) in [4.78, 5) is 16.4. The van der Waals surface area contributed by atoms with Crippen molar-refractivity contribution in [1.29, 1.82) is 0 Å². The van der Waals surface area contributed by atoms with E-state index in [1.165, 1.54) is 6.07 Å². The number of ether oxygens (including phenoxy) is 1. The second kappa shape index (κ2) is 8.57. The summed E-state index contributed by atoms with van der Waals surface area (Å²) in [5.74, 6) is 6.04. The predicted molar refractivity (Wildman–Crippen MR) is 104 cm³/mol. The lowest BCUT2D eigenvalue weighted by atomic mass is 10.2. The van der Waals surface area contributed by atoms with Gasteiger partial charge in [0, 0.05) is 16.6 Å². The van der Waals surface area contributed by atoms with Gasteiger partial charge in [-0.3, -0.25) is 9.78 Å². The number of hydrogen-bond donors (Lipinski definition) is 1. The minimum absolute atomic E-state index is 0.179. The molecule has 2 aromatic carbocycles. The molecular formula is C20H14Cl2N2O2. The maximum Gasteiger partial charge on any atom is 0.253 e. The number of carbonyl (C=O) groups excluding carboxylic acids is 1. The number of carbonyl (C=O) groups is 1. The van der Waals surface area contributed by atoms with Gasteiger partial charge in [-0.05, 0) is 30.3 Å². The zero-order valence-corrected chi connectivity index (χ0v) is 15.1. The quantitative estimate of drug-likeness (QED) is 0.680. The number of pyridine rings is 1. The first-order chi connectivity index (χ1) is 12.6. The summed E-state index contributed by atoms with van der Waals surface area (Å²) in [6, 6.07) is 14.3. The van der Waals surface area contributed by atoms with Gasteiger partial charge in [-0.15, -0.1) is 0 Å². The summed E-state index contributed by atoms with van der Waals surface area (Å²) in [6.45, 7) is 0.377. The summed E-state index contributed by atoms with van der Waals surface area (Å²) < 4.78 is 5.66. The fourth-order valence-corrected chi connectivity index (χ4v) is 2.69. The minimum atomic E-state index is -0.328. The largest absolute Gasteiger partial charge is 0.479 e. The molecule has 0 spiro atoms. The first kappa shape index (κ1) is 18.1.